The molecule has 0 saturated carbocycles. The first-order valence-electron chi connectivity index (χ1n) is 5.78. The average molecular weight is 239 g/mol. The van der Waals surface area contributed by atoms with E-state index in [1.165, 1.54) is 5.56 Å². The van der Waals surface area contributed by atoms with Crippen LogP contribution in [-0.4, -0.2) is 29.3 Å². The number of anilines is 1. The Morgan fingerprint density at radius 3 is 2.56 bits per heavy atom. The number of hydrogen-bond acceptors (Lipinski definition) is 3. The lowest BCUT2D eigenvalue weighted by atomic mass is 10.2. The minimum absolute atomic E-state index is 0.168. The van der Waals surface area contributed by atoms with Gasteiger partial charge in [-0.05, 0) is 37.0 Å². The number of thioether (sulfide) groups is 1. The highest BCUT2D eigenvalue weighted by atomic mass is 32.2. The number of nitrogens with one attached hydrogen (secondary N) is 1. The van der Waals surface area contributed by atoms with E-state index in [-0.39, 0.29) is 12.6 Å². The van der Waals surface area contributed by atoms with Gasteiger partial charge in [-0.15, -0.1) is 0 Å². The van der Waals surface area contributed by atoms with Crippen molar-refractivity contribution in [2.45, 2.75) is 26.3 Å². The number of hydrogen-bond donors (Lipinski definition) is 2. The topological polar surface area (TPSA) is 32.3 Å². The average Bonchev–Trinajstić information content (AvgIpc) is 2.31. The molecule has 0 bridgehead atoms. The molecule has 3 heteroatoms. The maximum atomic E-state index is 9.27. The fourth-order valence-electron chi connectivity index (χ4n) is 1.46. The van der Waals surface area contributed by atoms with Crippen LogP contribution in [0.4, 0.5) is 5.69 Å². The number of aliphatic hydroxyl groups is 1. The van der Waals surface area contributed by atoms with Crippen LogP contribution >= 0.6 is 11.8 Å². The third-order valence-corrected chi connectivity index (χ3v) is 3.39. The summed E-state index contributed by atoms with van der Waals surface area (Å²) in [5, 5.41) is 12.6. The van der Waals surface area contributed by atoms with Gasteiger partial charge in [0.05, 0.1) is 6.61 Å². The molecule has 0 spiro atoms. The highest BCUT2D eigenvalue weighted by molar-refractivity contribution is 7.99. The summed E-state index contributed by atoms with van der Waals surface area (Å²) in [6.07, 6.45) is 1.00. The molecule has 16 heavy (non-hydrogen) atoms. The van der Waals surface area contributed by atoms with Gasteiger partial charge in [-0.25, -0.2) is 0 Å². The molecule has 1 rings (SSSR count). The van der Waals surface area contributed by atoms with Crippen molar-refractivity contribution in [2.75, 3.05) is 23.4 Å². The van der Waals surface area contributed by atoms with E-state index < -0.39 is 0 Å². The van der Waals surface area contributed by atoms with E-state index in [0.29, 0.717) is 0 Å². The third kappa shape index (κ3) is 4.90. The van der Waals surface area contributed by atoms with Crippen LogP contribution in [-0.2, 0) is 0 Å². The minimum atomic E-state index is 0.168. The third-order valence-electron chi connectivity index (χ3n) is 2.46. The molecule has 0 saturated heterocycles. The van der Waals surface area contributed by atoms with Crippen molar-refractivity contribution < 1.29 is 5.11 Å². The number of aryl methyl sites for hydroxylation is 1. The minimum Gasteiger partial charge on any atom is -0.394 e. The molecule has 90 valence electrons. The van der Waals surface area contributed by atoms with E-state index in [9.17, 15) is 5.11 Å². The standard InChI is InChI=1S/C13H21NOS/c1-3-16-9-8-13(10-15)14-12-6-4-11(2)5-7-12/h4-7,13-15H,3,8-10H2,1-2H3. The first-order valence-corrected chi connectivity index (χ1v) is 6.93. The Kier molecular flexibility index (Phi) is 6.34. The summed E-state index contributed by atoms with van der Waals surface area (Å²) in [6.45, 7) is 4.43. The van der Waals surface area contributed by atoms with Gasteiger partial charge in [-0.2, -0.15) is 11.8 Å². The van der Waals surface area contributed by atoms with Crippen LogP contribution in [0.15, 0.2) is 24.3 Å². The van der Waals surface area contributed by atoms with E-state index in [0.717, 1.165) is 23.6 Å². The van der Waals surface area contributed by atoms with Gasteiger partial charge in [-0.3, -0.25) is 0 Å². The van der Waals surface area contributed by atoms with Crippen LogP contribution in [0.25, 0.3) is 0 Å². The van der Waals surface area contributed by atoms with Crippen LogP contribution in [0.2, 0.25) is 0 Å². The van der Waals surface area contributed by atoms with Crippen LogP contribution < -0.4 is 5.32 Å². The molecule has 2 nitrogen and oxygen atoms in total. The Balaban J connectivity index is 2.40. The Labute approximate surface area is 102 Å². The Bertz CT molecular complexity index is 286. The zero-order chi connectivity index (χ0) is 11.8. The molecule has 0 aliphatic rings. The van der Waals surface area contributed by atoms with E-state index >= 15 is 0 Å². The molecule has 0 aliphatic heterocycles. The normalized spacial score (nSPS) is 12.4. The van der Waals surface area contributed by atoms with Crippen molar-refractivity contribution in [2.24, 2.45) is 0 Å². The lowest BCUT2D eigenvalue weighted by Crippen LogP contribution is -2.24. The van der Waals surface area contributed by atoms with Crippen LogP contribution in [0.3, 0.4) is 0 Å². The Morgan fingerprint density at radius 1 is 1.31 bits per heavy atom. The smallest absolute Gasteiger partial charge is 0.0633 e. The van der Waals surface area contributed by atoms with Gasteiger partial charge in [0.2, 0.25) is 0 Å². The zero-order valence-corrected chi connectivity index (χ0v) is 10.9. The van der Waals surface area contributed by atoms with Gasteiger partial charge in [0.1, 0.15) is 0 Å². The molecule has 2 N–H and O–H groups in total. The summed E-state index contributed by atoms with van der Waals surface area (Å²) in [5.74, 6) is 2.24. The predicted octanol–water partition coefficient (Wildman–Crippen LogP) is 2.91. The Morgan fingerprint density at radius 2 is 2.00 bits per heavy atom. The molecule has 0 aliphatic carbocycles. The van der Waals surface area contributed by atoms with Crippen molar-refractivity contribution in [3.63, 3.8) is 0 Å². The predicted molar refractivity (Wildman–Crippen MR) is 73.3 cm³/mol. The highest BCUT2D eigenvalue weighted by Gasteiger charge is 2.06. The lowest BCUT2D eigenvalue weighted by molar-refractivity contribution is 0.272. The van der Waals surface area contributed by atoms with Gasteiger partial charge < -0.3 is 10.4 Å². The second kappa shape index (κ2) is 7.58. The van der Waals surface area contributed by atoms with Crippen molar-refractivity contribution in [3.05, 3.63) is 29.8 Å². The molecule has 1 aromatic carbocycles. The molecule has 1 atom stereocenters. The molecular formula is C13H21NOS. The van der Waals surface area contributed by atoms with Gasteiger partial charge >= 0.3 is 0 Å². The molecule has 0 amide bonds. The molecule has 1 aromatic rings. The number of benzene rings is 1. The first kappa shape index (κ1) is 13.4. The fraction of sp³-hybridized carbons (Fsp3) is 0.538. The van der Waals surface area contributed by atoms with Gasteiger partial charge in [0.25, 0.3) is 0 Å². The quantitative estimate of drug-likeness (QED) is 0.718. The maximum absolute atomic E-state index is 9.27. The summed E-state index contributed by atoms with van der Waals surface area (Å²) in [5.41, 5.74) is 2.35. The lowest BCUT2D eigenvalue weighted by Gasteiger charge is -2.17. The second-order valence-corrected chi connectivity index (χ2v) is 5.27. The highest BCUT2D eigenvalue weighted by Crippen LogP contribution is 2.12. The summed E-state index contributed by atoms with van der Waals surface area (Å²) >= 11 is 1.91. The van der Waals surface area contributed by atoms with E-state index in [1.54, 1.807) is 0 Å². The maximum Gasteiger partial charge on any atom is 0.0633 e. The largest absolute Gasteiger partial charge is 0.394 e. The SMILES string of the molecule is CCSCCC(CO)Nc1ccc(C)cc1. The summed E-state index contributed by atoms with van der Waals surface area (Å²) in [6, 6.07) is 8.45. The van der Waals surface area contributed by atoms with E-state index in [4.69, 9.17) is 0 Å². The molecule has 0 radical (unpaired) electrons. The van der Waals surface area contributed by atoms with Crippen molar-refractivity contribution in [3.8, 4) is 0 Å². The summed E-state index contributed by atoms with van der Waals surface area (Å²) in [4.78, 5) is 0. The molecule has 1 unspecified atom stereocenters. The number of aliphatic hydroxyl groups excluding tert-OH is 1. The number of rotatable bonds is 7. The summed E-state index contributed by atoms with van der Waals surface area (Å²) in [7, 11) is 0. The molecular weight excluding hydrogens is 218 g/mol. The molecule has 0 heterocycles. The Hall–Kier alpha value is -0.670. The van der Waals surface area contributed by atoms with Crippen molar-refractivity contribution in [1.82, 2.24) is 0 Å². The zero-order valence-electron chi connectivity index (χ0n) is 10.1. The van der Waals surface area contributed by atoms with Gasteiger partial charge in [0, 0.05) is 11.7 Å². The summed E-state index contributed by atoms with van der Waals surface area (Å²) < 4.78 is 0. The van der Waals surface area contributed by atoms with E-state index in [2.05, 4.69) is 43.4 Å². The van der Waals surface area contributed by atoms with Crippen molar-refractivity contribution >= 4 is 17.4 Å². The van der Waals surface area contributed by atoms with Crippen LogP contribution in [0, 0.1) is 6.92 Å². The monoisotopic (exact) mass is 239 g/mol. The molecule has 0 aromatic heterocycles. The van der Waals surface area contributed by atoms with Crippen LogP contribution in [0.5, 0.6) is 0 Å². The first-order chi connectivity index (χ1) is 7.76. The van der Waals surface area contributed by atoms with Gasteiger partial charge in [0.15, 0.2) is 0 Å². The van der Waals surface area contributed by atoms with Crippen molar-refractivity contribution in [1.29, 1.82) is 0 Å². The molecule has 0 fully saturated rings. The van der Waals surface area contributed by atoms with Gasteiger partial charge in [-0.1, -0.05) is 24.6 Å². The second-order valence-electron chi connectivity index (χ2n) is 3.88. The van der Waals surface area contributed by atoms with E-state index in [1.807, 2.05) is 11.8 Å². The van der Waals surface area contributed by atoms with Crippen LogP contribution in [0.1, 0.15) is 18.9 Å². The fourth-order valence-corrected chi connectivity index (χ4v) is 2.20.